The molecule has 2 aromatic heterocycles. The summed E-state index contributed by atoms with van der Waals surface area (Å²) in [6.45, 7) is -1.18. The van der Waals surface area contributed by atoms with Crippen molar-refractivity contribution in [3.8, 4) is 0 Å². The van der Waals surface area contributed by atoms with Gasteiger partial charge in [0.05, 0.1) is 26.1 Å². The number of fused-ring (bicyclic) bond motifs is 1. The summed E-state index contributed by atoms with van der Waals surface area (Å²) in [5.74, 6) is -0.101. The van der Waals surface area contributed by atoms with Crippen molar-refractivity contribution in [1.82, 2.24) is 19.5 Å². The van der Waals surface area contributed by atoms with Gasteiger partial charge >= 0.3 is 0 Å². The summed E-state index contributed by atoms with van der Waals surface area (Å²) >= 11 is 0. The first-order valence-corrected chi connectivity index (χ1v) is 7.58. The summed E-state index contributed by atoms with van der Waals surface area (Å²) in [6.07, 6.45) is -4.17. The Morgan fingerprint density at radius 1 is 1.27 bits per heavy atom. The van der Waals surface area contributed by atoms with Gasteiger partial charge in [0.25, 0.3) is 5.56 Å². The number of hydrogen-bond acceptors (Lipinski definition) is 11. The standard InChI is InChI=1S/C10H13N5O5.C3H8O3/c11-10-13-7-4(8(19)14-10)12-2-15(7)9-6(18)5(17)3(1-16)20-9;4-1-3(6)2-5/h2-3,5-6,9,16-18H,1H2,(H3,11,13,14,19);3-6H,1-2H2/t3-,5-,6-,9-;/m1./s1. The van der Waals surface area contributed by atoms with Crippen molar-refractivity contribution in [1.29, 1.82) is 0 Å². The fourth-order valence-electron chi connectivity index (χ4n) is 2.30. The lowest BCUT2D eigenvalue weighted by molar-refractivity contribution is -0.0511. The van der Waals surface area contributed by atoms with Crippen molar-refractivity contribution in [2.75, 3.05) is 25.6 Å². The van der Waals surface area contributed by atoms with E-state index >= 15 is 0 Å². The van der Waals surface area contributed by atoms with Gasteiger partial charge in [-0.05, 0) is 0 Å². The molecule has 26 heavy (non-hydrogen) atoms. The molecule has 2 aromatic rings. The Balaban J connectivity index is 0.000000352. The van der Waals surface area contributed by atoms with Gasteiger partial charge in [0, 0.05) is 0 Å². The van der Waals surface area contributed by atoms with Crippen LogP contribution in [-0.2, 0) is 4.74 Å². The molecular weight excluding hydrogens is 354 g/mol. The quantitative estimate of drug-likeness (QED) is 0.255. The first-order valence-electron chi connectivity index (χ1n) is 7.58. The number of nitrogens with zero attached hydrogens (tertiary/aromatic N) is 3. The number of nitrogen functional groups attached to an aromatic ring is 1. The second kappa shape index (κ2) is 8.50. The summed E-state index contributed by atoms with van der Waals surface area (Å²) in [5.41, 5.74) is 5.12. The van der Waals surface area contributed by atoms with Crippen LogP contribution in [0.5, 0.6) is 0 Å². The summed E-state index contributed by atoms with van der Waals surface area (Å²) in [7, 11) is 0. The Labute approximate surface area is 145 Å². The van der Waals surface area contributed by atoms with Gasteiger partial charge in [0.15, 0.2) is 17.4 Å². The van der Waals surface area contributed by atoms with Crippen molar-refractivity contribution in [2.24, 2.45) is 0 Å². The lowest BCUT2D eigenvalue weighted by atomic mass is 10.1. The molecule has 0 saturated carbocycles. The molecule has 3 heterocycles. The molecule has 0 radical (unpaired) electrons. The van der Waals surface area contributed by atoms with Crippen LogP contribution in [0.3, 0.4) is 0 Å². The maximum Gasteiger partial charge on any atom is 0.280 e. The third-order valence-corrected chi connectivity index (χ3v) is 3.66. The minimum Gasteiger partial charge on any atom is -0.394 e. The molecule has 1 aliphatic rings. The lowest BCUT2D eigenvalue weighted by Gasteiger charge is -2.16. The zero-order valence-electron chi connectivity index (χ0n) is 13.5. The molecule has 0 spiro atoms. The van der Waals surface area contributed by atoms with E-state index in [1.54, 1.807) is 0 Å². The van der Waals surface area contributed by atoms with Crippen LogP contribution >= 0.6 is 0 Å². The van der Waals surface area contributed by atoms with E-state index in [-0.39, 0.29) is 30.3 Å². The minimum absolute atomic E-state index is 0.0388. The number of aliphatic hydroxyl groups is 6. The minimum atomic E-state index is -1.29. The molecule has 146 valence electrons. The van der Waals surface area contributed by atoms with Crippen LogP contribution in [0.25, 0.3) is 11.2 Å². The van der Waals surface area contributed by atoms with E-state index in [0.717, 1.165) is 0 Å². The van der Waals surface area contributed by atoms with Crippen LogP contribution in [0.15, 0.2) is 11.1 Å². The Hall–Kier alpha value is -2.13. The first kappa shape index (κ1) is 20.2. The molecule has 0 aromatic carbocycles. The second-order valence-electron chi connectivity index (χ2n) is 5.52. The van der Waals surface area contributed by atoms with Crippen LogP contribution in [-0.4, -0.2) is 94.4 Å². The fourth-order valence-corrected chi connectivity index (χ4v) is 2.30. The van der Waals surface area contributed by atoms with E-state index in [1.807, 2.05) is 0 Å². The Bertz CT molecular complexity index is 775. The van der Waals surface area contributed by atoms with Gasteiger partial charge in [-0.25, -0.2) is 4.98 Å². The molecule has 13 heteroatoms. The maximum atomic E-state index is 11.7. The summed E-state index contributed by atoms with van der Waals surface area (Å²) < 4.78 is 6.64. The van der Waals surface area contributed by atoms with E-state index in [0.29, 0.717) is 0 Å². The van der Waals surface area contributed by atoms with Crippen molar-refractivity contribution < 1.29 is 35.4 Å². The van der Waals surface area contributed by atoms with Gasteiger partial charge in [-0.1, -0.05) is 0 Å². The van der Waals surface area contributed by atoms with E-state index in [1.165, 1.54) is 10.9 Å². The average molecular weight is 375 g/mol. The maximum absolute atomic E-state index is 11.7. The van der Waals surface area contributed by atoms with Crippen molar-refractivity contribution in [3.63, 3.8) is 0 Å². The predicted molar refractivity (Wildman–Crippen MR) is 85.7 cm³/mol. The number of rotatable bonds is 4. The molecule has 1 fully saturated rings. The molecule has 0 bridgehead atoms. The normalized spacial score (nSPS) is 25.5. The third kappa shape index (κ3) is 3.99. The highest BCUT2D eigenvalue weighted by Crippen LogP contribution is 2.30. The van der Waals surface area contributed by atoms with Crippen molar-refractivity contribution in [2.45, 2.75) is 30.6 Å². The fraction of sp³-hybridized carbons (Fsp3) is 0.615. The number of aromatic nitrogens is 4. The Kier molecular flexibility index (Phi) is 6.60. The number of hydrogen-bond donors (Lipinski definition) is 8. The highest BCUT2D eigenvalue weighted by Gasteiger charge is 2.44. The van der Waals surface area contributed by atoms with Gasteiger partial charge in [0.2, 0.25) is 5.95 Å². The largest absolute Gasteiger partial charge is 0.394 e. The molecule has 0 unspecified atom stereocenters. The average Bonchev–Trinajstić information content (AvgIpc) is 3.16. The van der Waals surface area contributed by atoms with Crippen LogP contribution in [0.2, 0.25) is 0 Å². The highest BCUT2D eigenvalue weighted by molar-refractivity contribution is 5.70. The number of nitrogens with two attached hydrogens (primary N) is 1. The number of aliphatic hydroxyl groups excluding tert-OH is 6. The van der Waals surface area contributed by atoms with Crippen LogP contribution in [0.1, 0.15) is 6.23 Å². The number of H-pyrrole nitrogens is 1. The summed E-state index contributed by atoms with van der Waals surface area (Å²) in [6, 6.07) is 0. The predicted octanol–water partition coefficient (Wildman–Crippen LogP) is -4.35. The lowest BCUT2D eigenvalue weighted by Crippen LogP contribution is -2.33. The highest BCUT2D eigenvalue weighted by atomic mass is 16.6. The zero-order valence-corrected chi connectivity index (χ0v) is 13.5. The van der Waals surface area contributed by atoms with E-state index in [9.17, 15) is 15.0 Å². The van der Waals surface area contributed by atoms with Gasteiger partial charge in [0.1, 0.15) is 24.4 Å². The monoisotopic (exact) mass is 375 g/mol. The number of anilines is 1. The van der Waals surface area contributed by atoms with Crippen molar-refractivity contribution >= 4 is 17.1 Å². The molecule has 9 N–H and O–H groups in total. The number of nitrogens with one attached hydrogen (secondary N) is 1. The number of aromatic amines is 1. The van der Waals surface area contributed by atoms with Gasteiger partial charge in [-0.3, -0.25) is 14.3 Å². The molecular formula is C13H21N5O8. The van der Waals surface area contributed by atoms with E-state index in [2.05, 4.69) is 15.0 Å². The van der Waals surface area contributed by atoms with Gasteiger partial charge in [-0.15, -0.1) is 0 Å². The summed E-state index contributed by atoms with van der Waals surface area (Å²) in [5, 5.41) is 52.8. The SMILES string of the molecule is Nc1nc2c(ncn2[C@@H]2O[C@H](CO)[C@@H](O)[C@H]2O)c(=O)[nH]1.OCC(O)CO. The second-order valence-corrected chi connectivity index (χ2v) is 5.52. The van der Waals surface area contributed by atoms with Crippen molar-refractivity contribution in [3.05, 3.63) is 16.7 Å². The molecule has 1 aliphatic heterocycles. The molecule has 0 amide bonds. The topological polar surface area (TPSA) is 220 Å². The molecule has 13 nitrogen and oxygen atoms in total. The Morgan fingerprint density at radius 3 is 2.42 bits per heavy atom. The van der Waals surface area contributed by atoms with Crippen LogP contribution in [0, 0.1) is 0 Å². The first-order chi connectivity index (χ1) is 12.3. The van der Waals surface area contributed by atoms with Gasteiger partial charge in [-0.2, -0.15) is 4.98 Å². The third-order valence-electron chi connectivity index (χ3n) is 3.66. The Morgan fingerprint density at radius 2 is 1.92 bits per heavy atom. The smallest absolute Gasteiger partial charge is 0.280 e. The molecule has 4 atom stereocenters. The van der Waals surface area contributed by atoms with Crippen LogP contribution in [0.4, 0.5) is 5.95 Å². The number of imidazole rings is 1. The summed E-state index contributed by atoms with van der Waals surface area (Å²) in [4.78, 5) is 21.8. The number of ether oxygens (including phenoxy) is 1. The van der Waals surface area contributed by atoms with E-state index < -0.39 is 42.8 Å². The zero-order chi connectivity index (χ0) is 19.4. The van der Waals surface area contributed by atoms with E-state index in [4.69, 9.17) is 30.9 Å². The molecule has 1 saturated heterocycles. The molecule has 0 aliphatic carbocycles. The van der Waals surface area contributed by atoms with Crippen LogP contribution < -0.4 is 11.3 Å². The van der Waals surface area contributed by atoms with Gasteiger partial charge < -0.3 is 41.1 Å². The molecule has 3 rings (SSSR count).